The molecule has 1 N–H and O–H groups in total. The fourth-order valence-corrected chi connectivity index (χ4v) is 2.84. The Balaban J connectivity index is 1.68. The molecule has 2 aromatic carbocycles. The summed E-state index contributed by atoms with van der Waals surface area (Å²) in [5, 5.41) is 3.01. The standard InChI is InChI=1S/C20H23NO3/c1-15(20(22)21-17-10-7-13-23-14-17)24-19-12-6-5-11-18(19)16-8-3-2-4-9-16/h2-6,8-9,11-12,15,17H,7,10,13-14H2,1H3,(H,21,22)/t15-,17+/m0/s1. The highest BCUT2D eigenvalue weighted by molar-refractivity contribution is 5.81. The largest absolute Gasteiger partial charge is 0.480 e. The molecule has 2 aromatic rings. The molecule has 0 aliphatic carbocycles. The van der Waals surface area contributed by atoms with Gasteiger partial charge in [0.15, 0.2) is 6.10 Å². The highest BCUT2D eigenvalue weighted by atomic mass is 16.5. The molecular weight excluding hydrogens is 302 g/mol. The molecule has 1 aliphatic rings. The fraction of sp³-hybridized carbons (Fsp3) is 0.350. The summed E-state index contributed by atoms with van der Waals surface area (Å²) >= 11 is 0. The van der Waals surface area contributed by atoms with E-state index in [1.165, 1.54) is 0 Å². The zero-order valence-electron chi connectivity index (χ0n) is 13.9. The molecular formula is C20H23NO3. The van der Waals surface area contributed by atoms with E-state index in [1.807, 2.05) is 54.6 Å². The van der Waals surface area contributed by atoms with Crippen molar-refractivity contribution in [3.8, 4) is 16.9 Å². The molecule has 1 amide bonds. The van der Waals surface area contributed by atoms with Crippen LogP contribution >= 0.6 is 0 Å². The minimum atomic E-state index is -0.559. The summed E-state index contributed by atoms with van der Waals surface area (Å²) < 4.78 is 11.4. The third kappa shape index (κ3) is 4.15. The van der Waals surface area contributed by atoms with Gasteiger partial charge in [-0.15, -0.1) is 0 Å². The van der Waals surface area contributed by atoms with E-state index >= 15 is 0 Å². The number of carbonyl (C=O) groups excluding carboxylic acids is 1. The van der Waals surface area contributed by atoms with Crippen molar-refractivity contribution in [3.05, 3.63) is 54.6 Å². The number of rotatable bonds is 5. The van der Waals surface area contributed by atoms with Gasteiger partial charge < -0.3 is 14.8 Å². The van der Waals surface area contributed by atoms with Crippen molar-refractivity contribution in [3.63, 3.8) is 0 Å². The van der Waals surface area contributed by atoms with Crippen molar-refractivity contribution in [1.82, 2.24) is 5.32 Å². The molecule has 1 fully saturated rings. The van der Waals surface area contributed by atoms with Gasteiger partial charge in [-0.25, -0.2) is 0 Å². The Kier molecular flexibility index (Phi) is 5.49. The number of benzene rings is 2. The zero-order chi connectivity index (χ0) is 16.8. The van der Waals surface area contributed by atoms with Crippen LogP contribution in [0.25, 0.3) is 11.1 Å². The highest BCUT2D eigenvalue weighted by Crippen LogP contribution is 2.30. The van der Waals surface area contributed by atoms with E-state index in [9.17, 15) is 4.79 Å². The first-order chi connectivity index (χ1) is 11.7. The van der Waals surface area contributed by atoms with Gasteiger partial charge in [0.05, 0.1) is 12.6 Å². The summed E-state index contributed by atoms with van der Waals surface area (Å²) in [7, 11) is 0. The van der Waals surface area contributed by atoms with E-state index in [-0.39, 0.29) is 11.9 Å². The van der Waals surface area contributed by atoms with E-state index in [0.29, 0.717) is 12.4 Å². The van der Waals surface area contributed by atoms with Crippen LogP contribution in [0.5, 0.6) is 5.75 Å². The Morgan fingerprint density at radius 3 is 2.67 bits per heavy atom. The second-order valence-electron chi connectivity index (χ2n) is 6.04. The predicted octanol–water partition coefficient (Wildman–Crippen LogP) is 3.42. The lowest BCUT2D eigenvalue weighted by Gasteiger charge is -2.25. The maximum atomic E-state index is 12.4. The molecule has 0 saturated carbocycles. The summed E-state index contributed by atoms with van der Waals surface area (Å²) in [6, 6.07) is 17.9. The first-order valence-electron chi connectivity index (χ1n) is 8.43. The van der Waals surface area contributed by atoms with Gasteiger partial charge in [0.2, 0.25) is 0 Å². The van der Waals surface area contributed by atoms with Gasteiger partial charge >= 0.3 is 0 Å². The zero-order valence-corrected chi connectivity index (χ0v) is 13.9. The highest BCUT2D eigenvalue weighted by Gasteiger charge is 2.21. The van der Waals surface area contributed by atoms with Gasteiger partial charge in [0.1, 0.15) is 5.75 Å². The summed E-state index contributed by atoms with van der Waals surface area (Å²) in [5.41, 5.74) is 2.06. The molecule has 1 heterocycles. The summed E-state index contributed by atoms with van der Waals surface area (Å²) in [5.74, 6) is 0.611. The Bertz CT molecular complexity index is 666. The smallest absolute Gasteiger partial charge is 0.261 e. The number of hydrogen-bond acceptors (Lipinski definition) is 3. The maximum Gasteiger partial charge on any atom is 0.261 e. The minimum absolute atomic E-state index is 0.0849. The summed E-state index contributed by atoms with van der Waals surface area (Å²) in [6.07, 6.45) is 1.38. The van der Waals surface area contributed by atoms with Gasteiger partial charge in [0, 0.05) is 12.2 Å². The lowest BCUT2D eigenvalue weighted by molar-refractivity contribution is -0.128. The third-order valence-electron chi connectivity index (χ3n) is 4.15. The van der Waals surface area contributed by atoms with E-state index in [0.717, 1.165) is 30.6 Å². The lowest BCUT2D eigenvalue weighted by Crippen LogP contribution is -2.46. The Morgan fingerprint density at radius 2 is 1.92 bits per heavy atom. The first-order valence-corrected chi connectivity index (χ1v) is 8.43. The van der Waals surface area contributed by atoms with Crippen LogP contribution in [0.15, 0.2) is 54.6 Å². The van der Waals surface area contributed by atoms with E-state index in [2.05, 4.69) is 5.32 Å². The van der Waals surface area contributed by atoms with Crippen molar-refractivity contribution in [1.29, 1.82) is 0 Å². The van der Waals surface area contributed by atoms with Crippen molar-refractivity contribution < 1.29 is 14.3 Å². The van der Waals surface area contributed by atoms with Gasteiger partial charge in [0.25, 0.3) is 5.91 Å². The molecule has 4 heteroatoms. The Labute approximate surface area is 142 Å². The number of carbonyl (C=O) groups is 1. The van der Waals surface area contributed by atoms with Gasteiger partial charge in [-0.05, 0) is 31.4 Å². The number of hydrogen-bond donors (Lipinski definition) is 1. The first kappa shape index (κ1) is 16.5. The molecule has 0 spiro atoms. The lowest BCUT2D eigenvalue weighted by atomic mass is 10.0. The molecule has 1 aliphatic heterocycles. The van der Waals surface area contributed by atoms with Crippen molar-refractivity contribution in [2.24, 2.45) is 0 Å². The second kappa shape index (κ2) is 7.97. The molecule has 4 nitrogen and oxygen atoms in total. The average molecular weight is 325 g/mol. The molecule has 0 radical (unpaired) electrons. The maximum absolute atomic E-state index is 12.4. The molecule has 0 unspecified atom stereocenters. The SMILES string of the molecule is C[C@H](Oc1ccccc1-c1ccccc1)C(=O)N[C@@H]1CCCOC1. The molecule has 0 bridgehead atoms. The second-order valence-corrected chi connectivity index (χ2v) is 6.04. The third-order valence-corrected chi connectivity index (χ3v) is 4.15. The average Bonchev–Trinajstić information content (AvgIpc) is 2.63. The number of nitrogens with one attached hydrogen (secondary N) is 1. The summed E-state index contributed by atoms with van der Waals surface area (Å²) in [4.78, 5) is 12.4. The minimum Gasteiger partial charge on any atom is -0.480 e. The van der Waals surface area contributed by atoms with E-state index in [1.54, 1.807) is 6.92 Å². The van der Waals surface area contributed by atoms with Gasteiger partial charge in [-0.1, -0.05) is 48.5 Å². The van der Waals surface area contributed by atoms with Crippen molar-refractivity contribution >= 4 is 5.91 Å². The van der Waals surface area contributed by atoms with E-state index in [4.69, 9.17) is 9.47 Å². The van der Waals surface area contributed by atoms with Crippen LogP contribution < -0.4 is 10.1 Å². The van der Waals surface area contributed by atoms with Crippen molar-refractivity contribution in [2.75, 3.05) is 13.2 Å². The topological polar surface area (TPSA) is 47.6 Å². The number of para-hydroxylation sites is 1. The number of amides is 1. The van der Waals surface area contributed by atoms with Crippen LogP contribution in [0.2, 0.25) is 0 Å². The molecule has 0 aromatic heterocycles. The van der Waals surface area contributed by atoms with Crippen LogP contribution in [0.4, 0.5) is 0 Å². The predicted molar refractivity (Wildman–Crippen MR) is 94.0 cm³/mol. The van der Waals surface area contributed by atoms with Crippen LogP contribution in [0.3, 0.4) is 0 Å². The Hall–Kier alpha value is -2.33. The van der Waals surface area contributed by atoms with Crippen molar-refractivity contribution in [2.45, 2.75) is 31.9 Å². The summed E-state index contributed by atoms with van der Waals surface area (Å²) in [6.45, 7) is 3.14. The normalized spacial score (nSPS) is 18.6. The quantitative estimate of drug-likeness (QED) is 0.916. The molecule has 2 atom stereocenters. The number of ether oxygens (including phenoxy) is 2. The van der Waals surface area contributed by atoms with Gasteiger partial charge in [-0.3, -0.25) is 4.79 Å². The van der Waals surface area contributed by atoms with E-state index < -0.39 is 6.10 Å². The van der Waals surface area contributed by atoms with Crippen LogP contribution in [0, 0.1) is 0 Å². The Morgan fingerprint density at radius 1 is 1.17 bits per heavy atom. The molecule has 24 heavy (non-hydrogen) atoms. The van der Waals surface area contributed by atoms with Crippen LogP contribution in [0.1, 0.15) is 19.8 Å². The molecule has 3 rings (SSSR count). The van der Waals surface area contributed by atoms with Gasteiger partial charge in [-0.2, -0.15) is 0 Å². The van der Waals surface area contributed by atoms with Crippen LogP contribution in [-0.4, -0.2) is 31.3 Å². The van der Waals surface area contributed by atoms with Crippen LogP contribution in [-0.2, 0) is 9.53 Å². The monoisotopic (exact) mass is 325 g/mol. The molecule has 1 saturated heterocycles. The fourth-order valence-electron chi connectivity index (χ4n) is 2.84. The molecule has 126 valence electrons.